The molecular weight excluding hydrogens is 373 g/mol. The van der Waals surface area contributed by atoms with Gasteiger partial charge in [-0.15, -0.1) is 0 Å². The number of hydrogen-bond donors (Lipinski definition) is 1. The van der Waals surface area contributed by atoms with Crippen LogP contribution in [-0.2, 0) is 10.0 Å². The van der Waals surface area contributed by atoms with Crippen LogP contribution in [0.4, 0.5) is 18.9 Å². The van der Waals surface area contributed by atoms with Gasteiger partial charge in [0.15, 0.2) is 5.82 Å². The maximum Gasteiger partial charge on any atom is 0.263 e. The predicted molar refractivity (Wildman–Crippen MR) is 73.8 cm³/mol. The third-order valence-corrected chi connectivity index (χ3v) is 4.78. The number of nitrogens with one attached hydrogen (secondary N) is 1. The molecule has 112 valence electrons. The molecular formula is C12H8BrF3N2O2S. The van der Waals surface area contributed by atoms with E-state index in [1.54, 1.807) is 0 Å². The summed E-state index contributed by atoms with van der Waals surface area (Å²) in [5, 5.41) is 0. The number of benzene rings is 1. The molecule has 0 saturated heterocycles. The van der Waals surface area contributed by atoms with Gasteiger partial charge >= 0.3 is 0 Å². The van der Waals surface area contributed by atoms with Gasteiger partial charge in [-0.05, 0) is 41.1 Å². The third-order valence-electron chi connectivity index (χ3n) is 2.58. The second-order valence-electron chi connectivity index (χ2n) is 4.07. The highest BCUT2D eigenvalue weighted by molar-refractivity contribution is 9.10. The summed E-state index contributed by atoms with van der Waals surface area (Å²) in [6.07, 6.45) is 0.865. The van der Waals surface area contributed by atoms with E-state index in [0.717, 1.165) is 24.4 Å². The minimum absolute atomic E-state index is 0.0467. The number of anilines is 1. The first-order valence-corrected chi connectivity index (χ1v) is 7.78. The summed E-state index contributed by atoms with van der Waals surface area (Å²) in [5.74, 6) is -2.83. The normalized spacial score (nSPS) is 11.5. The van der Waals surface area contributed by atoms with E-state index in [1.165, 1.54) is 6.92 Å². The van der Waals surface area contributed by atoms with Gasteiger partial charge in [-0.2, -0.15) is 0 Å². The molecule has 0 unspecified atom stereocenters. The molecule has 0 fully saturated rings. The fourth-order valence-corrected chi connectivity index (χ4v) is 3.18. The SMILES string of the molecule is Cc1ncc(F)cc1S(=O)(=O)Nc1ccc(F)c(Br)c1F. The van der Waals surface area contributed by atoms with E-state index in [0.29, 0.717) is 0 Å². The smallest absolute Gasteiger partial charge is 0.263 e. The number of nitrogens with zero attached hydrogens (tertiary/aromatic N) is 1. The minimum atomic E-state index is -4.25. The van der Waals surface area contributed by atoms with Crippen molar-refractivity contribution < 1.29 is 21.6 Å². The molecule has 1 aromatic carbocycles. The largest absolute Gasteiger partial charge is 0.277 e. The van der Waals surface area contributed by atoms with Gasteiger partial charge in [0, 0.05) is 0 Å². The van der Waals surface area contributed by atoms with E-state index in [1.807, 2.05) is 4.72 Å². The number of aromatic nitrogens is 1. The average Bonchev–Trinajstić information content (AvgIpc) is 2.42. The predicted octanol–water partition coefficient (Wildman–Crippen LogP) is 3.37. The molecule has 2 rings (SSSR count). The Morgan fingerprint density at radius 1 is 1.24 bits per heavy atom. The van der Waals surface area contributed by atoms with Crippen molar-refractivity contribution in [1.29, 1.82) is 0 Å². The van der Waals surface area contributed by atoms with E-state index in [9.17, 15) is 21.6 Å². The summed E-state index contributed by atoms with van der Waals surface area (Å²) in [6.45, 7) is 1.37. The van der Waals surface area contributed by atoms with Crippen molar-refractivity contribution >= 4 is 31.6 Å². The number of rotatable bonds is 3. The molecule has 21 heavy (non-hydrogen) atoms. The first kappa shape index (κ1) is 15.8. The molecule has 2 aromatic rings. The van der Waals surface area contributed by atoms with E-state index < -0.39 is 42.5 Å². The molecule has 0 atom stereocenters. The molecule has 0 radical (unpaired) electrons. The second-order valence-corrected chi connectivity index (χ2v) is 6.51. The zero-order chi connectivity index (χ0) is 15.8. The Morgan fingerprint density at radius 3 is 2.57 bits per heavy atom. The summed E-state index contributed by atoms with van der Waals surface area (Å²) in [5.41, 5.74) is -0.419. The summed E-state index contributed by atoms with van der Waals surface area (Å²) in [4.78, 5) is 3.16. The van der Waals surface area contributed by atoms with Gasteiger partial charge in [-0.3, -0.25) is 9.71 Å². The Labute approximate surface area is 127 Å². The third kappa shape index (κ3) is 3.18. The van der Waals surface area contributed by atoms with Crippen LogP contribution in [0.2, 0.25) is 0 Å². The van der Waals surface area contributed by atoms with Crippen molar-refractivity contribution in [2.45, 2.75) is 11.8 Å². The van der Waals surface area contributed by atoms with Gasteiger partial charge in [0.1, 0.15) is 16.5 Å². The monoisotopic (exact) mass is 380 g/mol. The van der Waals surface area contributed by atoms with Crippen LogP contribution in [0.25, 0.3) is 0 Å². The van der Waals surface area contributed by atoms with Gasteiger partial charge in [-0.25, -0.2) is 21.6 Å². The molecule has 9 heteroatoms. The Hall–Kier alpha value is -1.61. The van der Waals surface area contributed by atoms with Gasteiger partial charge in [0.05, 0.1) is 22.1 Å². The van der Waals surface area contributed by atoms with Crippen LogP contribution >= 0.6 is 15.9 Å². The van der Waals surface area contributed by atoms with Crippen LogP contribution in [0.5, 0.6) is 0 Å². The Balaban J connectivity index is 2.47. The molecule has 0 aliphatic heterocycles. The maximum absolute atomic E-state index is 13.8. The fraction of sp³-hybridized carbons (Fsp3) is 0.0833. The van der Waals surface area contributed by atoms with E-state index in [2.05, 4.69) is 20.9 Å². The highest BCUT2D eigenvalue weighted by Gasteiger charge is 2.21. The highest BCUT2D eigenvalue weighted by Crippen LogP contribution is 2.28. The first-order chi connectivity index (χ1) is 9.72. The van der Waals surface area contributed by atoms with Crippen LogP contribution in [0.3, 0.4) is 0 Å². The first-order valence-electron chi connectivity index (χ1n) is 5.51. The lowest BCUT2D eigenvalue weighted by Crippen LogP contribution is -2.16. The topological polar surface area (TPSA) is 59.1 Å². The zero-order valence-corrected chi connectivity index (χ0v) is 12.9. The molecule has 0 amide bonds. The van der Waals surface area contributed by atoms with Crippen LogP contribution < -0.4 is 4.72 Å². The number of pyridine rings is 1. The summed E-state index contributed by atoms with van der Waals surface area (Å²) >= 11 is 2.66. The maximum atomic E-state index is 13.8. The van der Waals surface area contributed by atoms with Crippen molar-refractivity contribution in [3.8, 4) is 0 Å². The van der Waals surface area contributed by atoms with Crippen LogP contribution in [0.1, 0.15) is 5.69 Å². The van der Waals surface area contributed by atoms with Crippen molar-refractivity contribution in [2.75, 3.05) is 4.72 Å². The molecule has 0 bridgehead atoms. The standard InChI is InChI=1S/C12H8BrF3N2O2S/c1-6-10(4-7(14)5-17-6)21(19,20)18-9-3-2-8(15)11(13)12(9)16/h2-5,18H,1H3. The summed E-state index contributed by atoms with van der Waals surface area (Å²) < 4.78 is 65.7. The molecule has 0 aliphatic carbocycles. The Bertz CT molecular complexity index is 812. The minimum Gasteiger partial charge on any atom is -0.277 e. The highest BCUT2D eigenvalue weighted by atomic mass is 79.9. The van der Waals surface area contributed by atoms with Gasteiger partial charge < -0.3 is 0 Å². The molecule has 1 N–H and O–H groups in total. The number of hydrogen-bond acceptors (Lipinski definition) is 3. The van der Waals surface area contributed by atoms with Gasteiger partial charge in [0.25, 0.3) is 10.0 Å². The lowest BCUT2D eigenvalue weighted by Gasteiger charge is -2.11. The molecule has 0 aliphatic rings. The molecule has 0 spiro atoms. The van der Waals surface area contributed by atoms with Gasteiger partial charge in [-0.1, -0.05) is 0 Å². The molecule has 1 aromatic heterocycles. The summed E-state index contributed by atoms with van der Waals surface area (Å²) in [6, 6.07) is 2.58. The van der Waals surface area contributed by atoms with Crippen LogP contribution in [0.15, 0.2) is 33.8 Å². The number of sulfonamides is 1. The lowest BCUT2D eigenvalue weighted by atomic mass is 10.3. The second kappa shape index (κ2) is 5.64. The van der Waals surface area contributed by atoms with Gasteiger partial charge in [0.2, 0.25) is 0 Å². The van der Waals surface area contributed by atoms with Crippen molar-refractivity contribution in [3.05, 3.63) is 52.0 Å². The average molecular weight is 381 g/mol. The van der Waals surface area contributed by atoms with Crippen LogP contribution in [0, 0.1) is 24.4 Å². The molecule has 0 saturated carbocycles. The number of halogens is 4. The van der Waals surface area contributed by atoms with E-state index >= 15 is 0 Å². The van der Waals surface area contributed by atoms with Crippen molar-refractivity contribution in [1.82, 2.24) is 4.98 Å². The van der Waals surface area contributed by atoms with E-state index in [4.69, 9.17) is 0 Å². The van der Waals surface area contributed by atoms with E-state index in [-0.39, 0.29) is 5.69 Å². The van der Waals surface area contributed by atoms with Crippen LogP contribution in [-0.4, -0.2) is 13.4 Å². The quantitative estimate of drug-likeness (QED) is 0.830. The number of aryl methyl sites for hydroxylation is 1. The zero-order valence-electron chi connectivity index (χ0n) is 10.5. The molecule has 1 heterocycles. The van der Waals surface area contributed by atoms with Crippen molar-refractivity contribution in [3.63, 3.8) is 0 Å². The Morgan fingerprint density at radius 2 is 1.90 bits per heavy atom. The molecule has 4 nitrogen and oxygen atoms in total. The van der Waals surface area contributed by atoms with Crippen molar-refractivity contribution in [2.24, 2.45) is 0 Å². The summed E-state index contributed by atoms with van der Waals surface area (Å²) in [7, 11) is -4.25. The lowest BCUT2D eigenvalue weighted by molar-refractivity contribution is 0.572. The Kier molecular flexibility index (Phi) is 4.24. The fourth-order valence-electron chi connectivity index (χ4n) is 1.57.